The largest absolute Gasteiger partial charge is 0.317 e. The van der Waals surface area contributed by atoms with Crippen molar-refractivity contribution in [2.45, 2.75) is 38.1 Å². The van der Waals surface area contributed by atoms with Crippen molar-refractivity contribution >= 4 is 0 Å². The Labute approximate surface area is 95.3 Å². The number of aryl methyl sites for hydroxylation is 1. The van der Waals surface area contributed by atoms with E-state index in [0.717, 1.165) is 44.5 Å². The summed E-state index contributed by atoms with van der Waals surface area (Å²) in [6.45, 7) is 2.08. The molecule has 1 aliphatic carbocycles. The summed E-state index contributed by atoms with van der Waals surface area (Å²) in [5.41, 5.74) is 3.23. The number of fused-ring (bicyclic) bond motifs is 1. The van der Waals surface area contributed by atoms with Crippen LogP contribution in [0, 0.1) is 11.3 Å². The predicted octanol–water partition coefficient (Wildman–Crippen LogP) is 1.17. The van der Waals surface area contributed by atoms with Gasteiger partial charge in [-0.1, -0.05) is 0 Å². The van der Waals surface area contributed by atoms with E-state index in [2.05, 4.69) is 16.5 Å². The van der Waals surface area contributed by atoms with E-state index in [1.54, 1.807) is 0 Å². The van der Waals surface area contributed by atoms with Crippen LogP contribution in [0.1, 0.15) is 42.3 Å². The minimum absolute atomic E-state index is 0.432. The highest BCUT2D eigenvalue weighted by Gasteiger charge is 2.26. The summed E-state index contributed by atoms with van der Waals surface area (Å²) >= 11 is 0. The molecule has 2 heterocycles. The van der Waals surface area contributed by atoms with Gasteiger partial charge in [-0.05, 0) is 45.2 Å². The molecule has 4 nitrogen and oxygen atoms in total. The smallest absolute Gasteiger partial charge is 0.142 e. The Kier molecular flexibility index (Phi) is 2.41. The molecule has 1 aromatic rings. The fourth-order valence-corrected chi connectivity index (χ4v) is 2.85. The fourth-order valence-electron chi connectivity index (χ4n) is 2.85. The molecule has 0 saturated carbocycles. The van der Waals surface area contributed by atoms with Crippen LogP contribution < -0.4 is 5.32 Å². The lowest BCUT2D eigenvalue weighted by Gasteiger charge is -2.23. The van der Waals surface area contributed by atoms with Gasteiger partial charge >= 0.3 is 0 Å². The lowest BCUT2D eigenvalue weighted by atomic mass is 10.1. The second kappa shape index (κ2) is 3.91. The monoisotopic (exact) mass is 216 g/mol. The zero-order valence-corrected chi connectivity index (χ0v) is 9.37. The van der Waals surface area contributed by atoms with Gasteiger partial charge in [0.05, 0.1) is 11.7 Å². The number of nitrogens with one attached hydrogen (secondary N) is 1. The van der Waals surface area contributed by atoms with Crippen molar-refractivity contribution in [1.29, 1.82) is 5.26 Å². The van der Waals surface area contributed by atoms with Crippen LogP contribution in [-0.4, -0.2) is 22.9 Å². The highest BCUT2D eigenvalue weighted by molar-refractivity contribution is 5.38. The molecule has 0 aromatic carbocycles. The first kappa shape index (κ1) is 9.86. The van der Waals surface area contributed by atoms with Crippen LogP contribution in [0.4, 0.5) is 0 Å². The molecule has 3 rings (SSSR count). The van der Waals surface area contributed by atoms with Gasteiger partial charge in [0.15, 0.2) is 0 Å². The van der Waals surface area contributed by atoms with Gasteiger partial charge in [0.2, 0.25) is 0 Å². The molecule has 0 amide bonds. The highest BCUT2D eigenvalue weighted by Crippen LogP contribution is 2.28. The molecule has 1 aliphatic heterocycles. The van der Waals surface area contributed by atoms with Crippen molar-refractivity contribution < 1.29 is 0 Å². The molecular weight excluding hydrogens is 200 g/mol. The number of nitrogens with zero attached hydrogens (tertiary/aromatic N) is 3. The average molecular weight is 216 g/mol. The molecule has 1 aromatic heterocycles. The fraction of sp³-hybridized carbons (Fsp3) is 0.667. The molecule has 4 heteroatoms. The summed E-state index contributed by atoms with van der Waals surface area (Å²) in [5, 5.41) is 17.3. The first-order valence-corrected chi connectivity index (χ1v) is 6.11. The van der Waals surface area contributed by atoms with Crippen LogP contribution >= 0.6 is 0 Å². The first-order valence-electron chi connectivity index (χ1n) is 6.11. The third-order valence-corrected chi connectivity index (χ3v) is 3.69. The minimum Gasteiger partial charge on any atom is -0.317 e. The summed E-state index contributed by atoms with van der Waals surface area (Å²) in [4.78, 5) is 0. The van der Waals surface area contributed by atoms with Gasteiger partial charge in [-0.2, -0.15) is 10.4 Å². The van der Waals surface area contributed by atoms with Crippen LogP contribution in [0.5, 0.6) is 0 Å². The molecule has 1 fully saturated rings. The zero-order chi connectivity index (χ0) is 11.0. The number of nitriles is 1. The van der Waals surface area contributed by atoms with E-state index in [1.165, 1.54) is 17.7 Å². The lowest BCUT2D eigenvalue weighted by Crippen LogP contribution is -2.30. The van der Waals surface area contributed by atoms with E-state index >= 15 is 0 Å². The van der Waals surface area contributed by atoms with Gasteiger partial charge in [-0.15, -0.1) is 0 Å². The van der Waals surface area contributed by atoms with Crippen LogP contribution in [0.2, 0.25) is 0 Å². The second-order valence-corrected chi connectivity index (χ2v) is 4.66. The summed E-state index contributed by atoms with van der Waals surface area (Å²) in [6.07, 6.45) is 5.45. The van der Waals surface area contributed by atoms with Crippen LogP contribution in [0.3, 0.4) is 0 Å². The van der Waals surface area contributed by atoms with Gasteiger partial charge in [-0.3, -0.25) is 4.68 Å². The number of hydrogen-bond donors (Lipinski definition) is 1. The van der Waals surface area contributed by atoms with Crippen molar-refractivity contribution in [1.82, 2.24) is 15.1 Å². The maximum absolute atomic E-state index is 9.28. The topological polar surface area (TPSA) is 53.6 Å². The molecule has 0 unspecified atom stereocenters. The second-order valence-electron chi connectivity index (χ2n) is 4.66. The summed E-state index contributed by atoms with van der Waals surface area (Å²) in [6, 6.07) is 2.79. The number of piperidine rings is 1. The molecule has 0 atom stereocenters. The molecule has 0 spiro atoms. The summed E-state index contributed by atoms with van der Waals surface area (Å²) < 4.78 is 2.00. The maximum atomic E-state index is 9.28. The predicted molar refractivity (Wildman–Crippen MR) is 60.1 cm³/mol. The van der Waals surface area contributed by atoms with E-state index in [4.69, 9.17) is 0 Å². The Morgan fingerprint density at radius 3 is 2.88 bits per heavy atom. The van der Waals surface area contributed by atoms with Gasteiger partial charge < -0.3 is 5.32 Å². The third-order valence-electron chi connectivity index (χ3n) is 3.69. The Morgan fingerprint density at radius 1 is 1.31 bits per heavy atom. The molecular formula is C12H16N4. The Bertz CT molecular complexity index is 435. The molecule has 1 saturated heterocycles. The zero-order valence-electron chi connectivity index (χ0n) is 9.37. The minimum atomic E-state index is 0.432. The Hall–Kier alpha value is -1.34. The molecule has 0 radical (unpaired) electrons. The molecule has 2 aliphatic rings. The van der Waals surface area contributed by atoms with Crippen molar-refractivity contribution in [2.24, 2.45) is 0 Å². The van der Waals surface area contributed by atoms with Crippen molar-refractivity contribution in [3.05, 3.63) is 17.0 Å². The Morgan fingerprint density at radius 2 is 2.12 bits per heavy atom. The van der Waals surface area contributed by atoms with Gasteiger partial charge in [0, 0.05) is 5.56 Å². The third kappa shape index (κ3) is 1.43. The molecule has 84 valence electrons. The standard InChI is InChI=1S/C12H16N4/c13-8-12-10-2-1-3-11(10)15-16(12)9-4-6-14-7-5-9/h9,14H,1-7H2. The summed E-state index contributed by atoms with van der Waals surface area (Å²) in [5.74, 6) is 0. The van der Waals surface area contributed by atoms with Gasteiger partial charge in [0.25, 0.3) is 0 Å². The quantitative estimate of drug-likeness (QED) is 0.766. The normalized spacial score (nSPS) is 20.7. The van der Waals surface area contributed by atoms with Crippen LogP contribution in [0.25, 0.3) is 0 Å². The van der Waals surface area contributed by atoms with Crippen molar-refractivity contribution in [3.63, 3.8) is 0 Å². The van der Waals surface area contributed by atoms with E-state index < -0.39 is 0 Å². The van der Waals surface area contributed by atoms with E-state index in [9.17, 15) is 5.26 Å². The summed E-state index contributed by atoms with van der Waals surface area (Å²) in [7, 11) is 0. The van der Waals surface area contributed by atoms with Crippen molar-refractivity contribution in [2.75, 3.05) is 13.1 Å². The van der Waals surface area contributed by atoms with Crippen LogP contribution in [-0.2, 0) is 12.8 Å². The van der Waals surface area contributed by atoms with Gasteiger partial charge in [0.1, 0.15) is 11.8 Å². The first-order chi connectivity index (χ1) is 7.90. The van der Waals surface area contributed by atoms with E-state index in [0.29, 0.717) is 6.04 Å². The number of hydrogen-bond acceptors (Lipinski definition) is 3. The average Bonchev–Trinajstić information content (AvgIpc) is 2.89. The molecule has 1 N–H and O–H groups in total. The SMILES string of the molecule is N#Cc1c2c(nn1C1CCNCC1)CCC2. The van der Waals surface area contributed by atoms with Crippen LogP contribution in [0.15, 0.2) is 0 Å². The lowest BCUT2D eigenvalue weighted by molar-refractivity contribution is 0.339. The van der Waals surface area contributed by atoms with E-state index in [-0.39, 0.29) is 0 Å². The maximum Gasteiger partial charge on any atom is 0.142 e. The highest BCUT2D eigenvalue weighted by atomic mass is 15.3. The number of aromatic nitrogens is 2. The Balaban J connectivity index is 1.97. The molecule has 0 bridgehead atoms. The number of rotatable bonds is 1. The molecule has 16 heavy (non-hydrogen) atoms. The van der Waals surface area contributed by atoms with E-state index in [1.807, 2.05) is 4.68 Å². The van der Waals surface area contributed by atoms with Gasteiger partial charge in [-0.25, -0.2) is 0 Å². The van der Waals surface area contributed by atoms with Crippen molar-refractivity contribution in [3.8, 4) is 6.07 Å².